The van der Waals surface area contributed by atoms with E-state index in [4.69, 9.17) is 11.5 Å². The normalized spacial score (nSPS) is 11.0. The Bertz CT molecular complexity index is 1040. The molecule has 0 fully saturated rings. The van der Waals surface area contributed by atoms with Gasteiger partial charge in [-0.2, -0.15) is 0 Å². The number of aromatic nitrogens is 2. The number of rotatable bonds is 3. The van der Waals surface area contributed by atoms with E-state index in [1.165, 1.54) is 11.3 Å². The molecule has 0 saturated carbocycles. The molecule has 4 aromatic rings. The van der Waals surface area contributed by atoms with Crippen LogP contribution in [0.2, 0.25) is 0 Å². The van der Waals surface area contributed by atoms with Crippen LogP contribution in [-0.2, 0) is 0 Å². The van der Waals surface area contributed by atoms with Gasteiger partial charge in [-0.25, -0.2) is 4.98 Å². The molecule has 7 heteroatoms. The summed E-state index contributed by atoms with van der Waals surface area (Å²) in [4.78, 5) is 22.6. The minimum atomic E-state index is -0.532. The second-order valence-electron chi connectivity index (χ2n) is 5.16. The van der Waals surface area contributed by atoms with Gasteiger partial charge in [0.05, 0.1) is 11.4 Å². The smallest absolute Gasteiger partial charge is 0.260 e. The summed E-state index contributed by atoms with van der Waals surface area (Å²) in [6.07, 6.45) is 3.48. The summed E-state index contributed by atoms with van der Waals surface area (Å²) in [5.74, 6) is -0.532. The Morgan fingerprint density at radius 2 is 2.08 bits per heavy atom. The zero-order valence-corrected chi connectivity index (χ0v) is 14.0. The standard InChI is InChI=1S/C17H12N4OS2/c18-14-13-10(12-4-2-6-23-12)7-11(9-3-1-5-20-8-9)21-17(13)24-15(14)16(19)22/h1-8H,18H2,(H2,19,22). The van der Waals surface area contributed by atoms with Crippen molar-refractivity contribution in [2.75, 3.05) is 5.73 Å². The summed E-state index contributed by atoms with van der Waals surface area (Å²) in [5, 5.41) is 2.78. The first-order chi connectivity index (χ1) is 11.6. The lowest BCUT2D eigenvalue weighted by Gasteiger charge is -2.06. The monoisotopic (exact) mass is 352 g/mol. The van der Waals surface area contributed by atoms with Crippen LogP contribution in [0.5, 0.6) is 0 Å². The predicted molar refractivity (Wildman–Crippen MR) is 99.1 cm³/mol. The van der Waals surface area contributed by atoms with Crippen molar-refractivity contribution in [1.29, 1.82) is 0 Å². The van der Waals surface area contributed by atoms with Gasteiger partial charge in [0.15, 0.2) is 0 Å². The number of anilines is 1. The van der Waals surface area contributed by atoms with E-state index < -0.39 is 5.91 Å². The first kappa shape index (κ1) is 14.8. The van der Waals surface area contributed by atoms with Crippen LogP contribution in [-0.4, -0.2) is 15.9 Å². The molecule has 1 amide bonds. The molecule has 4 aromatic heterocycles. The van der Waals surface area contributed by atoms with Crippen molar-refractivity contribution in [3.63, 3.8) is 0 Å². The van der Waals surface area contributed by atoms with Crippen molar-refractivity contribution in [2.45, 2.75) is 0 Å². The fraction of sp³-hybridized carbons (Fsp3) is 0. The van der Waals surface area contributed by atoms with Gasteiger partial charge >= 0.3 is 0 Å². The van der Waals surface area contributed by atoms with E-state index in [-0.39, 0.29) is 0 Å². The van der Waals surface area contributed by atoms with Crippen LogP contribution in [0.1, 0.15) is 9.67 Å². The Morgan fingerprint density at radius 3 is 2.75 bits per heavy atom. The molecule has 0 aliphatic rings. The first-order valence-corrected chi connectivity index (χ1v) is 8.82. The Balaban J connectivity index is 2.07. The number of nitrogen functional groups attached to an aromatic ring is 1. The van der Waals surface area contributed by atoms with Crippen molar-refractivity contribution in [3.05, 3.63) is 53.0 Å². The Morgan fingerprint density at radius 1 is 1.21 bits per heavy atom. The lowest BCUT2D eigenvalue weighted by atomic mass is 10.1. The molecule has 118 valence electrons. The highest BCUT2D eigenvalue weighted by Gasteiger charge is 2.20. The van der Waals surface area contributed by atoms with Crippen molar-refractivity contribution in [2.24, 2.45) is 5.73 Å². The number of carbonyl (C=O) groups is 1. The summed E-state index contributed by atoms with van der Waals surface area (Å²) in [6.45, 7) is 0. The summed E-state index contributed by atoms with van der Waals surface area (Å²) in [6, 6.07) is 9.80. The van der Waals surface area contributed by atoms with E-state index in [0.29, 0.717) is 15.4 Å². The van der Waals surface area contributed by atoms with Crippen LogP contribution in [0.25, 0.3) is 31.9 Å². The molecule has 24 heavy (non-hydrogen) atoms. The molecular weight excluding hydrogens is 340 g/mol. The number of thiophene rings is 2. The van der Waals surface area contributed by atoms with Gasteiger partial charge < -0.3 is 11.5 Å². The number of amides is 1. The van der Waals surface area contributed by atoms with Crippen molar-refractivity contribution in [3.8, 4) is 21.7 Å². The van der Waals surface area contributed by atoms with E-state index in [0.717, 1.165) is 27.1 Å². The van der Waals surface area contributed by atoms with Crippen LogP contribution < -0.4 is 11.5 Å². The van der Waals surface area contributed by atoms with Gasteiger partial charge in [-0.1, -0.05) is 6.07 Å². The number of hydrogen-bond acceptors (Lipinski definition) is 6. The number of hydrogen-bond donors (Lipinski definition) is 2. The molecule has 4 N–H and O–H groups in total. The fourth-order valence-electron chi connectivity index (χ4n) is 2.59. The summed E-state index contributed by atoms with van der Waals surface area (Å²) >= 11 is 2.84. The highest BCUT2D eigenvalue weighted by Crippen LogP contribution is 2.42. The maximum Gasteiger partial charge on any atom is 0.260 e. The Labute approximate surface area is 145 Å². The molecule has 0 unspecified atom stereocenters. The predicted octanol–water partition coefficient (Wildman–Crippen LogP) is 3.77. The first-order valence-electron chi connectivity index (χ1n) is 7.12. The molecule has 5 nitrogen and oxygen atoms in total. The molecule has 0 aliphatic heterocycles. The topological polar surface area (TPSA) is 94.9 Å². The third kappa shape index (κ3) is 2.34. The number of nitrogens with zero attached hydrogens (tertiary/aromatic N) is 2. The fourth-order valence-corrected chi connectivity index (χ4v) is 4.31. The largest absolute Gasteiger partial charge is 0.397 e. The van der Waals surface area contributed by atoms with E-state index in [1.54, 1.807) is 23.7 Å². The molecule has 4 heterocycles. The molecule has 4 rings (SSSR count). The van der Waals surface area contributed by atoms with Gasteiger partial charge in [0.1, 0.15) is 9.71 Å². The average Bonchev–Trinajstić information content (AvgIpc) is 3.23. The summed E-state index contributed by atoms with van der Waals surface area (Å²) in [7, 11) is 0. The van der Waals surface area contributed by atoms with Crippen molar-refractivity contribution >= 4 is 44.5 Å². The molecule has 0 aliphatic carbocycles. The van der Waals surface area contributed by atoms with Gasteiger partial charge in [0, 0.05) is 33.8 Å². The molecule has 0 radical (unpaired) electrons. The van der Waals surface area contributed by atoms with Crippen molar-refractivity contribution in [1.82, 2.24) is 9.97 Å². The van der Waals surface area contributed by atoms with E-state index in [9.17, 15) is 4.79 Å². The SMILES string of the molecule is NC(=O)c1sc2nc(-c3cccnc3)cc(-c3cccs3)c2c1N. The second kappa shape index (κ2) is 5.70. The van der Waals surface area contributed by atoms with Crippen LogP contribution >= 0.6 is 22.7 Å². The number of primary amides is 1. The highest BCUT2D eigenvalue weighted by atomic mass is 32.1. The van der Waals surface area contributed by atoms with Crippen LogP contribution in [0.4, 0.5) is 5.69 Å². The quantitative estimate of drug-likeness (QED) is 0.587. The van der Waals surface area contributed by atoms with Gasteiger partial charge in [0.2, 0.25) is 0 Å². The van der Waals surface area contributed by atoms with Gasteiger partial charge in [-0.15, -0.1) is 22.7 Å². The third-order valence-corrected chi connectivity index (χ3v) is 5.68. The second-order valence-corrected chi connectivity index (χ2v) is 7.11. The highest BCUT2D eigenvalue weighted by molar-refractivity contribution is 7.21. The molecule has 0 aromatic carbocycles. The maximum absolute atomic E-state index is 11.7. The van der Waals surface area contributed by atoms with Crippen LogP contribution in [0.15, 0.2) is 48.1 Å². The van der Waals surface area contributed by atoms with Gasteiger partial charge in [-0.05, 0) is 29.6 Å². The molecule has 0 bridgehead atoms. The van der Waals surface area contributed by atoms with E-state index in [1.807, 2.05) is 35.7 Å². The molecular formula is C17H12N4OS2. The summed E-state index contributed by atoms with van der Waals surface area (Å²) < 4.78 is 0. The van der Waals surface area contributed by atoms with Crippen molar-refractivity contribution < 1.29 is 4.79 Å². The Hall–Kier alpha value is -2.77. The summed E-state index contributed by atoms with van der Waals surface area (Å²) in [5.41, 5.74) is 14.7. The van der Waals surface area contributed by atoms with E-state index >= 15 is 0 Å². The van der Waals surface area contributed by atoms with Crippen LogP contribution in [0, 0.1) is 0 Å². The molecule has 0 spiro atoms. The zero-order chi connectivity index (χ0) is 16.7. The minimum Gasteiger partial charge on any atom is -0.397 e. The number of carbonyl (C=O) groups excluding carboxylic acids is 1. The lowest BCUT2D eigenvalue weighted by molar-refractivity contribution is 0.100. The molecule has 0 atom stereocenters. The third-order valence-electron chi connectivity index (χ3n) is 3.67. The van der Waals surface area contributed by atoms with E-state index in [2.05, 4.69) is 9.97 Å². The average molecular weight is 352 g/mol. The maximum atomic E-state index is 11.7. The van der Waals surface area contributed by atoms with Gasteiger partial charge in [-0.3, -0.25) is 9.78 Å². The van der Waals surface area contributed by atoms with Gasteiger partial charge in [0.25, 0.3) is 5.91 Å². The number of nitrogens with two attached hydrogens (primary N) is 2. The lowest BCUT2D eigenvalue weighted by Crippen LogP contribution is -2.10. The zero-order valence-electron chi connectivity index (χ0n) is 12.4. The number of fused-ring (bicyclic) bond motifs is 1. The minimum absolute atomic E-state index is 0.346. The number of pyridine rings is 2. The Kier molecular flexibility index (Phi) is 3.51. The van der Waals surface area contributed by atoms with Crippen LogP contribution in [0.3, 0.4) is 0 Å². The molecule has 0 saturated heterocycles.